The summed E-state index contributed by atoms with van der Waals surface area (Å²) in [4.78, 5) is 10.6. The molecule has 0 aliphatic heterocycles. The first-order valence-electron chi connectivity index (χ1n) is 10.6. The second kappa shape index (κ2) is 13.5. The highest BCUT2D eigenvalue weighted by atomic mass is 32.2. The highest BCUT2D eigenvalue weighted by molar-refractivity contribution is 7.89. The van der Waals surface area contributed by atoms with Crippen molar-refractivity contribution in [1.29, 1.82) is 0 Å². The van der Waals surface area contributed by atoms with Crippen LogP contribution in [0.25, 0.3) is 0 Å². The highest BCUT2D eigenvalue weighted by Gasteiger charge is 2.18. The number of carboxylic acid groups (broad SMARTS) is 1. The zero-order chi connectivity index (χ0) is 21.7. The third-order valence-corrected chi connectivity index (χ3v) is 6.17. The maximum atomic E-state index is 11.0. The third-order valence-electron chi connectivity index (χ3n) is 5.31. The van der Waals surface area contributed by atoms with Crippen LogP contribution in [0.2, 0.25) is 0 Å². The van der Waals surface area contributed by atoms with E-state index in [1.165, 1.54) is 0 Å². The number of ether oxygens (including phenoxy) is 1. The third kappa shape index (κ3) is 18.7. The molecule has 0 rings (SSSR count). The lowest BCUT2D eigenvalue weighted by atomic mass is 9.82. The van der Waals surface area contributed by atoms with Crippen LogP contribution in [0.15, 0.2) is 0 Å². The Hall–Kier alpha value is -0.660. The van der Waals surface area contributed by atoms with E-state index >= 15 is 0 Å². The van der Waals surface area contributed by atoms with Gasteiger partial charge in [-0.1, -0.05) is 40.5 Å². The van der Waals surface area contributed by atoms with Crippen molar-refractivity contribution in [2.75, 3.05) is 19.0 Å². The summed E-state index contributed by atoms with van der Waals surface area (Å²) in [5.41, 5.74) is 0.335. The van der Waals surface area contributed by atoms with Gasteiger partial charge >= 0.3 is 5.97 Å². The largest absolute Gasteiger partial charge is 0.481 e. The Morgan fingerprint density at radius 2 is 1.25 bits per heavy atom. The van der Waals surface area contributed by atoms with E-state index in [1.807, 2.05) is 0 Å². The van der Waals surface area contributed by atoms with Crippen LogP contribution in [0, 0.1) is 10.8 Å². The van der Waals surface area contributed by atoms with Crippen molar-refractivity contribution in [3.8, 4) is 0 Å². The zero-order valence-corrected chi connectivity index (χ0v) is 19.3. The van der Waals surface area contributed by atoms with Crippen molar-refractivity contribution in [3.63, 3.8) is 0 Å². The van der Waals surface area contributed by atoms with Crippen LogP contribution in [0.4, 0.5) is 0 Å². The van der Waals surface area contributed by atoms with Gasteiger partial charge in [0, 0.05) is 19.6 Å². The standard InChI is InChI=1S/C21H43NO5S/c1-20(2,14-9-11-19(23)24)12-5-7-16-27-17-8-6-13-21(3,4)15-10-18-28(22,25)26/h5-18H2,1-4H3,(H,23,24)(H2,22,25,26). The van der Waals surface area contributed by atoms with Gasteiger partial charge in [-0.3, -0.25) is 4.79 Å². The summed E-state index contributed by atoms with van der Waals surface area (Å²) < 4.78 is 27.7. The van der Waals surface area contributed by atoms with Crippen LogP contribution >= 0.6 is 0 Å². The molecule has 0 spiro atoms. The lowest BCUT2D eigenvalue weighted by molar-refractivity contribution is -0.137. The van der Waals surface area contributed by atoms with Gasteiger partial charge in [-0.05, 0) is 62.2 Å². The maximum absolute atomic E-state index is 11.0. The monoisotopic (exact) mass is 421 g/mol. The molecule has 0 atom stereocenters. The van der Waals surface area contributed by atoms with Gasteiger partial charge in [0.15, 0.2) is 0 Å². The average molecular weight is 422 g/mol. The second-order valence-corrected chi connectivity index (χ2v) is 11.3. The van der Waals surface area contributed by atoms with Crippen LogP contribution in [-0.4, -0.2) is 38.5 Å². The second-order valence-electron chi connectivity index (χ2n) is 9.57. The molecule has 168 valence electrons. The molecule has 7 heteroatoms. The molecule has 0 aromatic heterocycles. The molecule has 0 bridgehead atoms. The maximum Gasteiger partial charge on any atom is 0.303 e. The predicted molar refractivity (Wildman–Crippen MR) is 115 cm³/mol. The summed E-state index contributed by atoms with van der Waals surface area (Å²) in [6.07, 6.45) is 9.87. The Kier molecular flexibility index (Phi) is 13.2. The predicted octanol–water partition coefficient (Wildman–Crippen LogP) is 4.72. The van der Waals surface area contributed by atoms with E-state index in [2.05, 4.69) is 27.7 Å². The molecule has 0 aliphatic rings. The number of unbranched alkanes of at least 4 members (excludes halogenated alkanes) is 2. The molecule has 28 heavy (non-hydrogen) atoms. The molecule has 0 aromatic rings. The summed E-state index contributed by atoms with van der Waals surface area (Å²) in [6.45, 7) is 10.3. The molecule has 6 nitrogen and oxygen atoms in total. The van der Waals surface area contributed by atoms with E-state index in [9.17, 15) is 13.2 Å². The Morgan fingerprint density at radius 3 is 1.68 bits per heavy atom. The minimum absolute atomic E-state index is 0.0654. The molecule has 0 aromatic carbocycles. The first-order valence-corrected chi connectivity index (χ1v) is 12.3. The van der Waals surface area contributed by atoms with E-state index in [4.69, 9.17) is 15.0 Å². The van der Waals surface area contributed by atoms with Gasteiger partial charge in [-0.2, -0.15) is 0 Å². The van der Waals surface area contributed by atoms with Crippen LogP contribution < -0.4 is 5.14 Å². The SMILES string of the molecule is CC(C)(CCCCOCCCCC(C)(C)CCCS(N)(=O)=O)CCCC(=O)O. The molecule has 0 heterocycles. The molecule has 0 radical (unpaired) electrons. The van der Waals surface area contributed by atoms with Crippen LogP contribution in [0.3, 0.4) is 0 Å². The van der Waals surface area contributed by atoms with Gasteiger partial charge in [0.1, 0.15) is 0 Å². The molecule has 0 saturated carbocycles. The lowest BCUT2D eigenvalue weighted by Crippen LogP contribution is -2.19. The van der Waals surface area contributed by atoms with E-state index in [0.29, 0.717) is 6.42 Å². The van der Waals surface area contributed by atoms with Gasteiger partial charge in [0.05, 0.1) is 5.75 Å². The number of hydrogen-bond donors (Lipinski definition) is 2. The van der Waals surface area contributed by atoms with Gasteiger partial charge in [-0.15, -0.1) is 0 Å². The zero-order valence-electron chi connectivity index (χ0n) is 18.5. The lowest BCUT2D eigenvalue weighted by Gasteiger charge is -2.24. The molecule has 0 fully saturated rings. The van der Waals surface area contributed by atoms with Gasteiger partial charge < -0.3 is 9.84 Å². The summed E-state index contributed by atoms with van der Waals surface area (Å²) in [5, 5.41) is 13.8. The number of carbonyl (C=O) groups is 1. The fourth-order valence-corrected chi connectivity index (χ4v) is 3.98. The molecule has 0 aliphatic carbocycles. The smallest absolute Gasteiger partial charge is 0.303 e. The molecular formula is C21H43NO5S. The fraction of sp³-hybridized carbons (Fsp3) is 0.952. The molecular weight excluding hydrogens is 378 g/mol. The minimum Gasteiger partial charge on any atom is -0.481 e. The number of carboxylic acids is 1. The quantitative estimate of drug-likeness (QED) is 0.311. The Bertz CT molecular complexity index is 529. The van der Waals surface area contributed by atoms with Gasteiger partial charge in [0.25, 0.3) is 0 Å². The number of primary sulfonamides is 1. The van der Waals surface area contributed by atoms with Crippen LogP contribution in [0.1, 0.15) is 98.3 Å². The fourth-order valence-electron chi connectivity index (χ4n) is 3.44. The Labute approximate surface area is 172 Å². The Morgan fingerprint density at radius 1 is 0.821 bits per heavy atom. The van der Waals surface area contributed by atoms with E-state index in [1.54, 1.807) is 0 Å². The molecule has 0 saturated heterocycles. The summed E-state index contributed by atoms with van der Waals surface area (Å²) >= 11 is 0. The van der Waals surface area contributed by atoms with Crippen molar-refractivity contribution in [2.45, 2.75) is 98.3 Å². The number of aliphatic carboxylic acids is 1. The molecule has 3 N–H and O–H groups in total. The van der Waals surface area contributed by atoms with Crippen LogP contribution in [0.5, 0.6) is 0 Å². The van der Waals surface area contributed by atoms with Gasteiger partial charge in [-0.25, -0.2) is 13.6 Å². The topological polar surface area (TPSA) is 107 Å². The molecule has 0 unspecified atom stereocenters. The Balaban J connectivity index is 3.62. The number of sulfonamides is 1. The van der Waals surface area contributed by atoms with Crippen molar-refractivity contribution < 1.29 is 23.1 Å². The first-order chi connectivity index (χ1) is 12.8. The highest BCUT2D eigenvalue weighted by Crippen LogP contribution is 2.30. The number of rotatable bonds is 18. The van der Waals surface area contributed by atoms with Crippen molar-refractivity contribution in [3.05, 3.63) is 0 Å². The van der Waals surface area contributed by atoms with Crippen LogP contribution in [-0.2, 0) is 19.6 Å². The van der Waals surface area contributed by atoms with E-state index in [0.717, 1.165) is 71.0 Å². The van der Waals surface area contributed by atoms with E-state index < -0.39 is 16.0 Å². The molecule has 0 amide bonds. The van der Waals surface area contributed by atoms with Crippen molar-refractivity contribution in [2.24, 2.45) is 16.0 Å². The minimum atomic E-state index is -3.35. The van der Waals surface area contributed by atoms with Crippen molar-refractivity contribution >= 4 is 16.0 Å². The number of nitrogens with two attached hydrogens (primary N) is 1. The normalized spacial score (nSPS) is 13.0. The number of hydrogen-bond acceptors (Lipinski definition) is 4. The van der Waals surface area contributed by atoms with Crippen molar-refractivity contribution in [1.82, 2.24) is 0 Å². The average Bonchev–Trinajstić information content (AvgIpc) is 2.51. The first kappa shape index (κ1) is 27.3. The summed E-state index contributed by atoms with van der Waals surface area (Å²) in [7, 11) is -3.35. The summed E-state index contributed by atoms with van der Waals surface area (Å²) in [6, 6.07) is 0. The van der Waals surface area contributed by atoms with E-state index in [-0.39, 0.29) is 23.0 Å². The summed E-state index contributed by atoms with van der Waals surface area (Å²) in [5.74, 6) is -0.647. The van der Waals surface area contributed by atoms with Gasteiger partial charge in [0.2, 0.25) is 10.0 Å².